The number of benzene rings is 3. The second-order valence-corrected chi connectivity index (χ2v) is 7.92. The minimum absolute atomic E-state index is 0.757. The van der Waals surface area contributed by atoms with Crippen LogP contribution >= 0.6 is 27.3 Å². The maximum Gasteiger partial charge on any atom is 0.160 e. The molecule has 0 aliphatic rings. The van der Waals surface area contributed by atoms with Gasteiger partial charge in [0.1, 0.15) is 0 Å². The van der Waals surface area contributed by atoms with Gasteiger partial charge in [0.25, 0.3) is 0 Å². The Labute approximate surface area is 163 Å². The average Bonchev–Trinajstić information content (AvgIpc) is 3.07. The van der Waals surface area contributed by atoms with Crippen LogP contribution in [0.5, 0.6) is 0 Å². The monoisotopic (exact) mass is 416 g/mol. The maximum atomic E-state index is 4.97. The van der Waals surface area contributed by atoms with E-state index in [1.165, 1.54) is 10.1 Å². The summed E-state index contributed by atoms with van der Waals surface area (Å²) < 4.78 is 3.39. The lowest BCUT2D eigenvalue weighted by Gasteiger charge is -2.08. The van der Waals surface area contributed by atoms with E-state index in [0.717, 1.165) is 37.3 Å². The lowest BCUT2D eigenvalue weighted by molar-refractivity contribution is 1.24. The zero-order chi connectivity index (χ0) is 17.5. The van der Waals surface area contributed by atoms with Crippen LogP contribution in [0.4, 0.5) is 0 Å². The minimum atomic E-state index is 0.757. The summed E-state index contributed by atoms with van der Waals surface area (Å²) >= 11 is 5.44. The fourth-order valence-corrected chi connectivity index (χ4v) is 4.76. The Morgan fingerprint density at radius 3 is 2.31 bits per heavy atom. The molecule has 0 radical (unpaired) electrons. The van der Waals surface area contributed by atoms with Gasteiger partial charge in [-0.05, 0) is 12.1 Å². The van der Waals surface area contributed by atoms with E-state index in [9.17, 15) is 0 Å². The van der Waals surface area contributed by atoms with Gasteiger partial charge in [-0.2, -0.15) is 0 Å². The van der Waals surface area contributed by atoms with Crippen molar-refractivity contribution in [3.8, 4) is 22.6 Å². The number of thiophene rings is 1. The van der Waals surface area contributed by atoms with E-state index in [0.29, 0.717) is 0 Å². The molecule has 4 heteroatoms. The number of hydrogen-bond acceptors (Lipinski definition) is 3. The third-order valence-electron chi connectivity index (χ3n) is 4.38. The first-order valence-electron chi connectivity index (χ1n) is 8.31. The molecule has 0 saturated heterocycles. The fraction of sp³-hybridized carbons (Fsp3) is 0. The molecule has 2 nitrogen and oxygen atoms in total. The molecule has 5 rings (SSSR count). The molecule has 0 unspecified atom stereocenters. The van der Waals surface area contributed by atoms with Gasteiger partial charge < -0.3 is 0 Å². The average molecular weight is 417 g/mol. The minimum Gasteiger partial charge on any atom is -0.226 e. The quantitative estimate of drug-likeness (QED) is 0.311. The first-order chi connectivity index (χ1) is 12.8. The Balaban J connectivity index is 1.92. The molecule has 0 atom stereocenters. The standard InChI is InChI=1S/C22H13BrN2S/c23-17-12-6-4-10-15(17)19-21-20(16-11-5-7-13-18(16)26-21)25-22(24-19)14-8-2-1-3-9-14/h1-13H. The highest BCUT2D eigenvalue weighted by atomic mass is 79.9. The van der Waals surface area contributed by atoms with Crippen LogP contribution in [0.2, 0.25) is 0 Å². The molecule has 0 bridgehead atoms. The summed E-state index contributed by atoms with van der Waals surface area (Å²) in [5.41, 5.74) is 4.11. The van der Waals surface area contributed by atoms with Crippen molar-refractivity contribution in [3.05, 3.63) is 83.3 Å². The third-order valence-corrected chi connectivity index (χ3v) is 6.24. The van der Waals surface area contributed by atoms with Crippen LogP contribution in [0.3, 0.4) is 0 Å². The van der Waals surface area contributed by atoms with Crippen molar-refractivity contribution in [2.24, 2.45) is 0 Å². The highest BCUT2D eigenvalue weighted by Crippen LogP contribution is 2.40. The summed E-state index contributed by atoms with van der Waals surface area (Å²) in [6.07, 6.45) is 0. The van der Waals surface area contributed by atoms with Crippen LogP contribution in [0.25, 0.3) is 42.9 Å². The molecule has 2 aromatic heterocycles. The Morgan fingerprint density at radius 2 is 1.46 bits per heavy atom. The van der Waals surface area contributed by atoms with Crippen LogP contribution in [0, 0.1) is 0 Å². The van der Waals surface area contributed by atoms with E-state index >= 15 is 0 Å². The van der Waals surface area contributed by atoms with Crippen molar-refractivity contribution < 1.29 is 0 Å². The SMILES string of the molecule is Brc1ccccc1-c1nc(-c2ccccc2)nc2c1sc1ccccc12. The van der Waals surface area contributed by atoms with Crippen LogP contribution in [-0.2, 0) is 0 Å². The van der Waals surface area contributed by atoms with Crippen molar-refractivity contribution in [2.45, 2.75) is 0 Å². The molecule has 26 heavy (non-hydrogen) atoms. The van der Waals surface area contributed by atoms with Gasteiger partial charge in [-0.15, -0.1) is 11.3 Å². The van der Waals surface area contributed by atoms with E-state index in [2.05, 4.69) is 64.5 Å². The van der Waals surface area contributed by atoms with E-state index in [-0.39, 0.29) is 0 Å². The first-order valence-corrected chi connectivity index (χ1v) is 9.92. The van der Waals surface area contributed by atoms with Crippen molar-refractivity contribution in [1.29, 1.82) is 0 Å². The zero-order valence-corrected chi connectivity index (χ0v) is 16.1. The number of aromatic nitrogens is 2. The molecular formula is C22H13BrN2S. The van der Waals surface area contributed by atoms with Crippen molar-refractivity contribution >= 4 is 47.6 Å². The topological polar surface area (TPSA) is 25.8 Å². The molecule has 0 amide bonds. The Hall–Kier alpha value is -2.56. The van der Waals surface area contributed by atoms with E-state index in [1.54, 1.807) is 11.3 Å². The van der Waals surface area contributed by atoms with Crippen molar-refractivity contribution in [2.75, 3.05) is 0 Å². The normalized spacial score (nSPS) is 11.3. The molecule has 124 valence electrons. The Morgan fingerprint density at radius 1 is 0.731 bits per heavy atom. The molecular weight excluding hydrogens is 404 g/mol. The van der Waals surface area contributed by atoms with E-state index in [1.807, 2.05) is 30.3 Å². The van der Waals surface area contributed by atoms with Gasteiger partial charge in [0, 0.05) is 25.7 Å². The van der Waals surface area contributed by atoms with Crippen molar-refractivity contribution in [3.63, 3.8) is 0 Å². The number of hydrogen-bond donors (Lipinski definition) is 0. The number of fused-ring (bicyclic) bond motifs is 3. The smallest absolute Gasteiger partial charge is 0.160 e. The third kappa shape index (κ3) is 2.54. The van der Waals surface area contributed by atoms with Crippen LogP contribution in [0.1, 0.15) is 0 Å². The van der Waals surface area contributed by atoms with E-state index in [4.69, 9.17) is 9.97 Å². The summed E-state index contributed by atoms with van der Waals surface area (Å²) in [5.74, 6) is 0.757. The molecule has 0 N–H and O–H groups in total. The molecule has 0 spiro atoms. The van der Waals surface area contributed by atoms with Gasteiger partial charge >= 0.3 is 0 Å². The fourth-order valence-electron chi connectivity index (χ4n) is 3.14. The number of rotatable bonds is 2. The molecule has 0 saturated carbocycles. The molecule has 0 fully saturated rings. The molecule has 3 aromatic carbocycles. The van der Waals surface area contributed by atoms with Gasteiger partial charge in [-0.25, -0.2) is 9.97 Å². The Kier molecular flexibility index (Phi) is 3.80. The highest BCUT2D eigenvalue weighted by Gasteiger charge is 2.17. The maximum absolute atomic E-state index is 4.97. The molecule has 2 heterocycles. The van der Waals surface area contributed by atoms with Crippen LogP contribution in [0.15, 0.2) is 83.3 Å². The Bertz CT molecular complexity index is 1250. The highest BCUT2D eigenvalue weighted by molar-refractivity contribution is 9.10. The second kappa shape index (κ2) is 6.31. The van der Waals surface area contributed by atoms with E-state index < -0.39 is 0 Å². The summed E-state index contributed by atoms with van der Waals surface area (Å²) in [6, 6.07) is 26.8. The number of nitrogens with zero attached hydrogens (tertiary/aromatic N) is 2. The second-order valence-electron chi connectivity index (χ2n) is 6.02. The van der Waals surface area contributed by atoms with Gasteiger partial charge in [-0.1, -0.05) is 82.7 Å². The molecule has 0 aliphatic heterocycles. The van der Waals surface area contributed by atoms with Crippen LogP contribution < -0.4 is 0 Å². The van der Waals surface area contributed by atoms with Crippen molar-refractivity contribution in [1.82, 2.24) is 9.97 Å². The zero-order valence-electron chi connectivity index (χ0n) is 13.7. The lowest BCUT2D eigenvalue weighted by Crippen LogP contribution is -1.93. The van der Waals surface area contributed by atoms with Gasteiger partial charge in [-0.3, -0.25) is 0 Å². The molecule has 5 aromatic rings. The summed E-state index contributed by atoms with van der Waals surface area (Å²) in [4.78, 5) is 9.90. The lowest BCUT2D eigenvalue weighted by atomic mass is 10.1. The van der Waals surface area contributed by atoms with Gasteiger partial charge in [0.15, 0.2) is 5.82 Å². The predicted octanol–water partition coefficient (Wildman–Crippen LogP) is 6.94. The largest absolute Gasteiger partial charge is 0.226 e. The summed E-state index contributed by atoms with van der Waals surface area (Å²) in [7, 11) is 0. The molecule has 0 aliphatic carbocycles. The summed E-state index contributed by atoms with van der Waals surface area (Å²) in [6.45, 7) is 0. The number of halogens is 1. The first kappa shape index (κ1) is 15.7. The van der Waals surface area contributed by atoms with Gasteiger partial charge in [0.05, 0.1) is 15.9 Å². The van der Waals surface area contributed by atoms with Crippen LogP contribution in [-0.4, -0.2) is 9.97 Å². The van der Waals surface area contributed by atoms with Gasteiger partial charge in [0.2, 0.25) is 0 Å². The predicted molar refractivity (Wildman–Crippen MR) is 113 cm³/mol. The summed E-state index contributed by atoms with van der Waals surface area (Å²) in [5, 5.41) is 1.18.